The number of hydrogen-bond donors (Lipinski definition) is 1. The second kappa shape index (κ2) is 11.6. The summed E-state index contributed by atoms with van der Waals surface area (Å²) in [6.07, 6.45) is 10.6. The van der Waals surface area contributed by atoms with Gasteiger partial charge in [0.05, 0.1) is 0 Å². The van der Waals surface area contributed by atoms with E-state index < -0.39 is 0 Å². The lowest BCUT2D eigenvalue weighted by molar-refractivity contribution is -0.127. The Morgan fingerprint density at radius 2 is 1.63 bits per heavy atom. The molecular formula is C30H44N4O. The molecule has 1 aromatic heterocycles. The van der Waals surface area contributed by atoms with E-state index in [1.165, 1.54) is 24.9 Å². The second-order valence-electron chi connectivity index (χ2n) is 11.7. The maximum atomic E-state index is 12.3. The van der Waals surface area contributed by atoms with E-state index in [-0.39, 0.29) is 5.92 Å². The second-order valence-corrected chi connectivity index (χ2v) is 11.7. The minimum Gasteiger partial charge on any atom is -0.350 e. The van der Waals surface area contributed by atoms with E-state index >= 15 is 0 Å². The van der Waals surface area contributed by atoms with Crippen LogP contribution in [0.2, 0.25) is 0 Å². The Hall–Kier alpha value is -2.27. The summed E-state index contributed by atoms with van der Waals surface area (Å²) in [6.45, 7) is 13.1. The molecule has 0 spiro atoms. The quantitative estimate of drug-likeness (QED) is 0.488. The maximum Gasteiger partial charge on any atom is 0.222 e. The van der Waals surface area contributed by atoms with Crippen LogP contribution in [-0.2, 0) is 11.2 Å². The van der Waals surface area contributed by atoms with Crippen LogP contribution in [-0.4, -0.2) is 45.8 Å². The van der Waals surface area contributed by atoms with E-state index in [1.807, 2.05) is 26.2 Å². The van der Waals surface area contributed by atoms with Gasteiger partial charge < -0.3 is 5.32 Å². The van der Waals surface area contributed by atoms with Crippen LogP contribution in [0.25, 0.3) is 11.1 Å². The number of aromatic nitrogens is 2. The first kappa shape index (κ1) is 25.8. The summed E-state index contributed by atoms with van der Waals surface area (Å²) >= 11 is 0. The van der Waals surface area contributed by atoms with E-state index in [1.54, 1.807) is 0 Å². The van der Waals surface area contributed by atoms with Gasteiger partial charge in [-0.15, -0.1) is 0 Å². The number of benzene rings is 1. The van der Waals surface area contributed by atoms with Gasteiger partial charge in [-0.1, -0.05) is 45.0 Å². The Kier molecular flexibility index (Phi) is 8.59. The number of rotatable bonds is 8. The van der Waals surface area contributed by atoms with Crippen molar-refractivity contribution in [1.29, 1.82) is 0 Å². The van der Waals surface area contributed by atoms with Gasteiger partial charge >= 0.3 is 0 Å². The zero-order chi connectivity index (χ0) is 24.9. The molecule has 35 heavy (non-hydrogen) atoms. The monoisotopic (exact) mass is 476 g/mol. The number of Topliss-reactive ketones (excluding diaryl/α,β-unsaturated/α-hetero) is 1. The van der Waals surface area contributed by atoms with E-state index in [2.05, 4.69) is 65.2 Å². The molecule has 2 unspecified atom stereocenters. The average molecular weight is 477 g/mol. The molecule has 5 nitrogen and oxygen atoms in total. The molecule has 0 bridgehead atoms. The van der Waals surface area contributed by atoms with Crippen LogP contribution in [0.5, 0.6) is 0 Å². The van der Waals surface area contributed by atoms with Gasteiger partial charge in [0, 0.05) is 55.0 Å². The third-order valence-corrected chi connectivity index (χ3v) is 8.03. The first-order chi connectivity index (χ1) is 16.8. The Bertz CT molecular complexity index is 945. The number of anilines is 1. The van der Waals surface area contributed by atoms with Crippen molar-refractivity contribution >= 4 is 11.7 Å². The normalized spacial score (nSPS) is 25.7. The highest BCUT2D eigenvalue weighted by molar-refractivity contribution is 5.82. The third kappa shape index (κ3) is 6.91. The van der Waals surface area contributed by atoms with Crippen LogP contribution in [0.15, 0.2) is 36.7 Å². The molecule has 2 aromatic rings. The number of carbonyl (C=O) groups excluding carboxylic acids is 1. The third-order valence-electron chi connectivity index (χ3n) is 8.03. The van der Waals surface area contributed by atoms with Crippen LogP contribution in [0, 0.1) is 23.7 Å². The van der Waals surface area contributed by atoms with Crippen molar-refractivity contribution in [2.45, 2.75) is 85.2 Å². The summed E-state index contributed by atoms with van der Waals surface area (Å²) in [4.78, 5) is 24.1. The molecule has 2 atom stereocenters. The Morgan fingerprint density at radius 3 is 2.23 bits per heavy atom. The van der Waals surface area contributed by atoms with Gasteiger partial charge in [-0.3, -0.25) is 9.69 Å². The van der Waals surface area contributed by atoms with Gasteiger partial charge in [-0.2, -0.15) is 0 Å². The summed E-state index contributed by atoms with van der Waals surface area (Å²) in [5, 5.41) is 3.56. The van der Waals surface area contributed by atoms with E-state index in [0.29, 0.717) is 35.6 Å². The summed E-state index contributed by atoms with van der Waals surface area (Å²) in [5.74, 6) is 3.02. The summed E-state index contributed by atoms with van der Waals surface area (Å²) in [7, 11) is 0. The standard InChI is InChI=1S/C30H44N4O/c1-20(2)29(35)26-12-8-24(9-13-26)15-23-6-10-25(11-7-23)27-16-31-30(32-17-27)33-28-14-22(5)18-34(19-28)21(3)4/h6-7,10-11,16-17,20-22,24,26,28H,8-9,12-15,18-19H2,1-5H3,(H,31,32,33)/t22?,24-,26+,28?. The van der Waals surface area contributed by atoms with Crippen molar-refractivity contribution in [3.05, 3.63) is 42.2 Å². The minimum atomic E-state index is 0.170. The number of nitrogens with one attached hydrogen (secondary N) is 1. The molecule has 1 aliphatic carbocycles. The van der Waals surface area contributed by atoms with Crippen LogP contribution in [0.3, 0.4) is 0 Å². The van der Waals surface area contributed by atoms with Crippen molar-refractivity contribution in [2.24, 2.45) is 23.7 Å². The number of piperidine rings is 1. The Labute approximate surface area is 212 Å². The highest BCUT2D eigenvalue weighted by Crippen LogP contribution is 2.33. The van der Waals surface area contributed by atoms with Crippen LogP contribution < -0.4 is 5.32 Å². The zero-order valence-corrected chi connectivity index (χ0v) is 22.3. The van der Waals surface area contributed by atoms with Crippen LogP contribution in [0.4, 0.5) is 5.95 Å². The molecule has 190 valence electrons. The number of likely N-dealkylation sites (tertiary alicyclic amines) is 1. The SMILES string of the molecule is CC1CC(Nc2ncc(-c3ccc(C[C@H]4CC[C@@H](C(=O)C(C)C)CC4)cc3)cn2)CN(C(C)C)C1. The summed E-state index contributed by atoms with van der Waals surface area (Å²) in [5.41, 5.74) is 3.59. The van der Waals surface area contributed by atoms with Crippen LogP contribution >= 0.6 is 0 Å². The first-order valence-electron chi connectivity index (χ1n) is 13.7. The number of ketones is 1. The van der Waals surface area contributed by atoms with E-state index in [9.17, 15) is 4.79 Å². The molecule has 1 N–H and O–H groups in total. The lowest BCUT2D eigenvalue weighted by atomic mass is 9.76. The molecule has 2 heterocycles. The molecule has 1 aliphatic heterocycles. The molecule has 2 aliphatic rings. The molecule has 1 saturated heterocycles. The molecule has 1 saturated carbocycles. The Balaban J connectivity index is 1.29. The molecule has 4 rings (SSSR count). The molecular weight excluding hydrogens is 432 g/mol. The number of nitrogens with zero attached hydrogens (tertiary/aromatic N) is 3. The first-order valence-corrected chi connectivity index (χ1v) is 13.7. The minimum absolute atomic E-state index is 0.170. The molecule has 2 fully saturated rings. The van der Waals surface area contributed by atoms with Gasteiger partial charge in [0.15, 0.2) is 0 Å². The predicted octanol–water partition coefficient (Wildman–Crippen LogP) is 6.25. The van der Waals surface area contributed by atoms with Gasteiger partial charge in [0.25, 0.3) is 0 Å². The summed E-state index contributed by atoms with van der Waals surface area (Å²) in [6, 6.07) is 9.84. The van der Waals surface area contributed by atoms with Crippen molar-refractivity contribution in [2.75, 3.05) is 18.4 Å². The lowest BCUT2D eigenvalue weighted by Gasteiger charge is -2.39. The predicted molar refractivity (Wildman–Crippen MR) is 144 cm³/mol. The molecule has 0 radical (unpaired) electrons. The van der Waals surface area contributed by atoms with E-state index in [4.69, 9.17) is 0 Å². The van der Waals surface area contributed by atoms with Gasteiger partial charge in [-0.05, 0) is 75.3 Å². The Morgan fingerprint density at radius 1 is 0.971 bits per heavy atom. The van der Waals surface area contributed by atoms with Crippen molar-refractivity contribution in [3.63, 3.8) is 0 Å². The van der Waals surface area contributed by atoms with E-state index in [0.717, 1.165) is 49.3 Å². The smallest absolute Gasteiger partial charge is 0.222 e. The van der Waals surface area contributed by atoms with Gasteiger partial charge in [0.2, 0.25) is 5.95 Å². The van der Waals surface area contributed by atoms with Crippen molar-refractivity contribution < 1.29 is 4.79 Å². The number of hydrogen-bond acceptors (Lipinski definition) is 5. The fourth-order valence-electron chi connectivity index (χ4n) is 5.94. The highest BCUT2D eigenvalue weighted by Gasteiger charge is 2.28. The molecule has 5 heteroatoms. The topological polar surface area (TPSA) is 58.1 Å². The average Bonchev–Trinajstić information content (AvgIpc) is 2.84. The summed E-state index contributed by atoms with van der Waals surface area (Å²) < 4.78 is 0. The fourth-order valence-corrected chi connectivity index (χ4v) is 5.94. The molecule has 1 aromatic carbocycles. The van der Waals surface area contributed by atoms with Crippen LogP contribution in [0.1, 0.15) is 72.3 Å². The fraction of sp³-hybridized carbons (Fsp3) is 0.633. The lowest BCUT2D eigenvalue weighted by Crippen LogP contribution is -2.48. The van der Waals surface area contributed by atoms with Gasteiger partial charge in [0.1, 0.15) is 5.78 Å². The van der Waals surface area contributed by atoms with Gasteiger partial charge in [-0.25, -0.2) is 9.97 Å². The maximum absolute atomic E-state index is 12.3. The molecule has 0 amide bonds. The van der Waals surface area contributed by atoms with Crippen molar-refractivity contribution in [3.8, 4) is 11.1 Å². The zero-order valence-electron chi connectivity index (χ0n) is 22.3. The largest absolute Gasteiger partial charge is 0.350 e. The van der Waals surface area contributed by atoms with Crippen molar-refractivity contribution in [1.82, 2.24) is 14.9 Å². The number of carbonyl (C=O) groups is 1. The highest BCUT2D eigenvalue weighted by atomic mass is 16.1.